The van der Waals surface area contributed by atoms with Gasteiger partial charge in [0.1, 0.15) is 0 Å². The zero-order chi connectivity index (χ0) is 4.50. The fourth-order valence-electron chi connectivity index (χ4n) is 0. The van der Waals surface area contributed by atoms with Crippen LogP contribution in [0.2, 0.25) is 3.43 Å². The Hall–Kier alpha value is 2.44. The quantitative estimate of drug-likeness (QED) is 0.528. The summed E-state index contributed by atoms with van der Waals surface area (Å²) >= 11 is 1.62. The summed E-state index contributed by atoms with van der Waals surface area (Å²) in [4.78, 5) is 0. The molecule has 0 fully saturated rings. The van der Waals surface area contributed by atoms with Crippen LogP contribution >= 0.6 is 0 Å². The second-order valence-electron chi connectivity index (χ2n) is 2.25. The Morgan fingerprint density at radius 2 is 1.17 bits per heavy atom. The SMILES string of the molecule is C[C](C)(C)[Sn].[K]. The van der Waals surface area contributed by atoms with Crippen LogP contribution < -0.4 is 0 Å². The van der Waals surface area contributed by atoms with Crippen LogP contribution in [0.25, 0.3) is 0 Å². The molecular weight excluding hydrogens is 206 g/mol. The molecule has 0 aromatic carbocycles. The summed E-state index contributed by atoms with van der Waals surface area (Å²) in [5, 5.41) is 0. The van der Waals surface area contributed by atoms with Crippen LogP contribution in [0.3, 0.4) is 0 Å². The first-order valence-corrected chi connectivity index (χ1v) is 3.18. The molecule has 2 heteroatoms. The second-order valence-corrected chi connectivity index (χ2v) is 6.53. The molecule has 0 atom stereocenters. The Bertz CT molecular complexity index is 23.0. The molecule has 0 amide bonds. The van der Waals surface area contributed by atoms with E-state index in [-0.39, 0.29) is 51.4 Å². The molecule has 0 aromatic rings. The summed E-state index contributed by atoms with van der Waals surface area (Å²) in [7, 11) is 0. The fourth-order valence-corrected chi connectivity index (χ4v) is 0. The fraction of sp³-hybridized carbons (Fsp3) is 1.00. The van der Waals surface area contributed by atoms with Crippen molar-refractivity contribution >= 4 is 73.9 Å². The summed E-state index contributed by atoms with van der Waals surface area (Å²) in [6, 6.07) is 0. The largest absolute Gasteiger partial charge is 0 e. The van der Waals surface area contributed by atoms with Crippen LogP contribution in [0.4, 0.5) is 0 Å². The van der Waals surface area contributed by atoms with Gasteiger partial charge in [0.2, 0.25) is 0 Å². The first-order chi connectivity index (χ1) is 2.00. The molecule has 0 spiro atoms. The number of hydrogen-bond donors (Lipinski definition) is 0. The van der Waals surface area contributed by atoms with Crippen LogP contribution in [0.1, 0.15) is 20.8 Å². The van der Waals surface area contributed by atoms with E-state index in [1.54, 1.807) is 22.5 Å². The Labute approximate surface area is 96.0 Å². The Balaban J connectivity index is 0. The minimum Gasteiger partial charge on any atom is 0 e. The Kier molecular flexibility index (Phi) is 8.12. The third-order valence-corrected chi connectivity index (χ3v) is 0. The second kappa shape index (κ2) is 4.33. The third-order valence-electron chi connectivity index (χ3n) is 0. The van der Waals surface area contributed by atoms with Gasteiger partial charge in [0.15, 0.2) is 0 Å². The van der Waals surface area contributed by atoms with Crippen molar-refractivity contribution < 1.29 is 0 Å². The number of hydrogen-bond acceptors (Lipinski definition) is 0. The summed E-state index contributed by atoms with van der Waals surface area (Å²) in [6.45, 7) is 6.68. The van der Waals surface area contributed by atoms with Crippen LogP contribution in [0, 0.1) is 0 Å². The van der Waals surface area contributed by atoms with E-state index in [0.29, 0.717) is 3.43 Å². The summed E-state index contributed by atoms with van der Waals surface area (Å²) in [5.41, 5.74) is 0. The standard InChI is InChI=1S/C4H9.K.Sn/c1-4(2)3;;/h1-3H3;;. The van der Waals surface area contributed by atoms with Crippen LogP contribution in [-0.2, 0) is 0 Å². The van der Waals surface area contributed by atoms with Crippen molar-refractivity contribution in [3.05, 3.63) is 0 Å². The van der Waals surface area contributed by atoms with Crippen molar-refractivity contribution in [1.29, 1.82) is 0 Å². The molecular formula is C4H9KSn. The smallest absolute Gasteiger partial charge is 0 e. The molecule has 4 radical (unpaired) electrons. The molecule has 0 heterocycles. The van der Waals surface area contributed by atoms with E-state index >= 15 is 0 Å². The van der Waals surface area contributed by atoms with Gasteiger partial charge in [0.05, 0.1) is 0 Å². The van der Waals surface area contributed by atoms with Crippen LogP contribution in [-0.4, -0.2) is 73.9 Å². The van der Waals surface area contributed by atoms with E-state index in [1.807, 2.05) is 0 Å². The van der Waals surface area contributed by atoms with Crippen molar-refractivity contribution in [3.63, 3.8) is 0 Å². The van der Waals surface area contributed by atoms with E-state index in [0.717, 1.165) is 0 Å². The maximum Gasteiger partial charge on any atom is 0 e. The zero-order valence-corrected chi connectivity index (χ0v) is 11.0. The van der Waals surface area contributed by atoms with E-state index < -0.39 is 0 Å². The van der Waals surface area contributed by atoms with Crippen molar-refractivity contribution in [3.8, 4) is 0 Å². The van der Waals surface area contributed by atoms with Crippen molar-refractivity contribution in [2.45, 2.75) is 24.2 Å². The zero-order valence-electron chi connectivity index (χ0n) is 5.00. The number of rotatable bonds is 0. The molecule has 30 valence electrons. The predicted octanol–water partition coefficient (Wildman–Crippen LogP) is 0.992. The van der Waals surface area contributed by atoms with E-state index in [9.17, 15) is 0 Å². The molecule has 0 saturated heterocycles. The topological polar surface area (TPSA) is 0 Å². The predicted molar refractivity (Wildman–Crippen MR) is 31.2 cm³/mol. The monoisotopic (exact) mass is 216 g/mol. The van der Waals surface area contributed by atoms with Gasteiger partial charge in [-0.05, 0) is 0 Å². The van der Waals surface area contributed by atoms with Crippen LogP contribution in [0.5, 0.6) is 0 Å². The average Bonchev–Trinajstić information content (AvgIpc) is 0.722. The van der Waals surface area contributed by atoms with Gasteiger partial charge in [-0.1, -0.05) is 0 Å². The normalized spacial score (nSPS) is 10.0. The molecule has 0 aliphatic heterocycles. The minimum absolute atomic E-state index is 0. The van der Waals surface area contributed by atoms with E-state index in [2.05, 4.69) is 20.8 Å². The molecule has 0 rings (SSSR count). The summed E-state index contributed by atoms with van der Waals surface area (Å²) < 4.78 is 0.590. The van der Waals surface area contributed by atoms with E-state index in [4.69, 9.17) is 0 Å². The first-order valence-electron chi connectivity index (χ1n) is 1.75. The molecule has 0 aromatic heterocycles. The maximum absolute atomic E-state index is 2.23. The van der Waals surface area contributed by atoms with Crippen molar-refractivity contribution in [2.75, 3.05) is 0 Å². The van der Waals surface area contributed by atoms with Gasteiger partial charge in [-0.25, -0.2) is 0 Å². The van der Waals surface area contributed by atoms with Crippen molar-refractivity contribution in [2.24, 2.45) is 0 Å². The van der Waals surface area contributed by atoms with Gasteiger partial charge in [-0.15, -0.1) is 0 Å². The molecule has 0 bridgehead atoms. The molecule has 0 N–H and O–H groups in total. The van der Waals surface area contributed by atoms with Crippen molar-refractivity contribution in [1.82, 2.24) is 0 Å². The van der Waals surface area contributed by atoms with Crippen LogP contribution in [0.15, 0.2) is 0 Å². The Morgan fingerprint density at radius 1 is 1.17 bits per heavy atom. The van der Waals surface area contributed by atoms with Gasteiger partial charge in [-0.3, -0.25) is 0 Å². The maximum atomic E-state index is 2.23. The molecule has 6 heavy (non-hydrogen) atoms. The Morgan fingerprint density at radius 3 is 1.17 bits per heavy atom. The van der Waals surface area contributed by atoms with E-state index in [1.165, 1.54) is 0 Å². The first kappa shape index (κ1) is 11.3. The molecule has 0 aliphatic carbocycles. The minimum atomic E-state index is 0. The molecule has 0 saturated carbocycles. The molecule has 0 aliphatic rings. The van der Waals surface area contributed by atoms with Gasteiger partial charge in [-0.2, -0.15) is 0 Å². The van der Waals surface area contributed by atoms with Gasteiger partial charge in [0.25, 0.3) is 0 Å². The van der Waals surface area contributed by atoms with Gasteiger partial charge in [0, 0.05) is 51.4 Å². The average molecular weight is 215 g/mol. The molecule has 0 unspecified atom stereocenters. The third kappa shape index (κ3) is 32.1. The van der Waals surface area contributed by atoms with Gasteiger partial charge >= 0.3 is 46.7 Å². The van der Waals surface area contributed by atoms with Gasteiger partial charge < -0.3 is 0 Å². The molecule has 0 nitrogen and oxygen atoms in total. The summed E-state index contributed by atoms with van der Waals surface area (Å²) in [6.07, 6.45) is 0. The summed E-state index contributed by atoms with van der Waals surface area (Å²) in [5.74, 6) is 0.